The van der Waals surface area contributed by atoms with Crippen molar-refractivity contribution in [2.24, 2.45) is 5.73 Å². The van der Waals surface area contributed by atoms with Gasteiger partial charge < -0.3 is 15.7 Å². The van der Waals surface area contributed by atoms with Crippen molar-refractivity contribution in [1.29, 1.82) is 0 Å². The van der Waals surface area contributed by atoms with Crippen molar-refractivity contribution in [3.8, 4) is 0 Å². The maximum atomic E-state index is 11.3. The second-order valence-corrected chi connectivity index (χ2v) is 3.12. The van der Waals surface area contributed by atoms with E-state index in [4.69, 9.17) is 10.8 Å². The van der Waals surface area contributed by atoms with Crippen LogP contribution in [0.15, 0.2) is 0 Å². The van der Waals surface area contributed by atoms with Gasteiger partial charge in [-0.3, -0.25) is 9.59 Å². The lowest BCUT2D eigenvalue weighted by Gasteiger charge is -2.21. The predicted octanol–water partition coefficient (Wildman–Crippen LogP) is -1.15. The smallest absolute Gasteiger partial charge is 0.240 e. The SMILES string of the molecule is NC(=O)[C@@H]1CCCN1C(=O)CCO. The first-order valence-corrected chi connectivity index (χ1v) is 4.36. The minimum atomic E-state index is -0.459. The highest BCUT2D eigenvalue weighted by molar-refractivity contribution is 5.87. The van der Waals surface area contributed by atoms with Crippen molar-refractivity contribution in [3.63, 3.8) is 0 Å². The van der Waals surface area contributed by atoms with Crippen LogP contribution in [0.25, 0.3) is 0 Å². The lowest BCUT2D eigenvalue weighted by molar-refractivity contribution is -0.137. The van der Waals surface area contributed by atoms with Crippen LogP contribution in [-0.4, -0.2) is 41.0 Å². The molecule has 5 nitrogen and oxygen atoms in total. The maximum absolute atomic E-state index is 11.3. The minimum absolute atomic E-state index is 0.0732. The molecule has 1 heterocycles. The van der Waals surface area contributed by atoms with E-state index in [9.17, 15) is 9.59 Å². The van der Waals surface area contributed by atoms with Crippen LogP contribution in [0.4, 0.5) is 0 Å². The Morgan fingerprint density at radius 3 is 2.77 bits per heavy atom. The summed E-state index contributed by atoms with van der Waals surface area (Å²) >= 11 is 0. The number of nitrogens with two attached hydrogens (primary N) is 1. The van der Waals surface area contributed by atoms with E-state index in [1.165, 1.54) is 4.90 Å². The monoisotopic (exact) mass is 186 g/mol. The number of nitrogens with zero attached hydrogens (tertiary/aromatic N) is 1. The summed E-state index contributed by atoms with van der Waals surface area (Å²) in [6.07, 6.45) is 1.53. The van der Waals surface area contributed by atoms with Crippen molar-refractivity contribution in [2.75, 3.05) is 13.2 Å². The summed E-state index contributed by atoms with van der Waals surface area (Å²) in [6.45, 7) is 0.396. The average Bonchev–Trinajstić information content (AvgIpc) is 2.52. The second-order valence-electron chi connectivity index (χ2n) is 3.12. The molecular weight excluding hydrogens is 172 g/mol. The lowest BCUT2D eigenvalue weighted by atomic mass is 10.2. The van der Waals surface area contributed by atoms with E-state index in [1.807, 2.05) is 0 Å². The van der Waals surface area contributed by atoms with Gasteiger partial charge in [0.1, 0.15) is 6.04 Å². The highest BCUT2D eigenvalue weighted by Gasteiger charge is 2.31. The fraction of sp³-hybridized carbons (Fsp3) is 0.750. The molecule has 0 aromatic rings. The number of aliphatic hydroxyl groups excluding tert-OH is 1. The van der Waals surface area contributed by atoms with Gasteiger partial charge in [-0.1, -0.05) is 0 Å². The van der Waals surface area contributed by atoms with E-state index >= 15 is 0 Å². The molecule has 0 bridgehead atoms. The molecule has 13 heavy (non-hydrogen) atoms. The van der Waals surface area contributed by atoms with E-state index < -0.39 is 11.9 Å². The minimum Gasteiger partial charge on any atom is -0.396 e. The third-order valence-corrected chi connectivity index (χ3v) is 2.23. The van der Waals surface area contributed by atoms with Crippen LogP contribution < -0.4 is 5.73 Å². The summed E-state index contributed by atoms with van der Waals surface area (Å²) in [5.41, 5.74) is 5.13. The molecule has 74 valence electrons. The molecule has 1 aliphatic heterocycles. The number of carbonyl (C=O) groups is 2. The fourth-order valence-corrected chi connectivity index (χ4v) is 1.60. The Hall–Kier alpha value is -1.10. The Labute approximate surface area is 76.5 Å². The number of hydrogen-bond donors (Lipinski definition) is 2. The van der Waals surface area contributed by atoms with Gasteiger partial charge >= 0.3 is 0 Å². The van der Waals surface area contributed by atoms with Crippen LogP contribution in [0.5, 0.6) is 0 Å². The topological polar surface area (TPSA) is 83.6 Å². The molecule has 0 radical (unpaired) electrons. The Morgan fingerprint density at radius 2 is 2.23 bits per heavy atom. The highest BCUT2D eigenvalue weighted by atomic mass is 16.3. The number of aliphatic hydroxyl groups is 1. The van der Waals surface area contributed by atoms with Crippen LogP contribution in [-0.2, 0) is 9.59 Å². The molecule has 1 aliphatic rings. The van der Waals surface area contributed by atoms with Crippen LogP contribution in [0.2, 0.25) is 0 Å². The molecule has 0 aliphatic carbocycles. The first kappa shape index (κ1) is 9.98. The summed E-state index contributed by atoms with van der Waals surface area (Å²) in [5, 5.41) is 8.56. The molecule has 3 N–H and O–H groups in total. The molecule has 1 fully saturated rings. The number of amides is 2. The largest absolute Gasteiger partial charge is 0.396 e. The molecule has 0 aromatic carbocycles. The Kier molecular flexibility index (Phi) is 3.25. The van der Waals surface area contributed by atoms with E-state index in [2.05, 4.69) is 0 Å². The quantitative estimate of drug-likeness (QED) is 0.583. The van der Waals surface area contributed by atoms with Crippen LogP contribution in [0, 0.1) is 0 Å². The molecule has 0 unspecified atom stereocenters. The van der Waals surface area contributed by atoms with Gasteiger partial charge in [0.15, 0.2) is 0 Å². The van der Waals surface area contributed by atoms with Crippen molar-refractivity contribution in [1.82, 2.24) is 4.90 Å². The van der Waals surface area contributed by atoms with Gasteiger partial charge in [-0.2, -0.15) is 0 Å². The number of likely N-dealkylation sites (tertiary alicyclic amines) is 1. The van der Waals surface area contributed by atoms with E-state index in [0.29, 0.717) is 13.0 Å². The number of rotatable bonds is 3. The fourth-order valence-electron chi connectivity index (χ4n) is 1.60. The van der Waals surface area contributed by atoms with Gasteiger partial charge in [-0.15, -0.1) is 0 Å². The van der Waals surface area contributed by atoms with Gasteiger partial charge in [0.2, 0.25) is 11.8 Å². The van der Waals surface area contributed by atoms with Crippen molar-refractivity contribution >= 4 is 11.8 Å². The van der Waals surface area contributed by atoms with Crippen molar-refractivity contribution in [2.45, 2.75) is 25.3 Å². The van der Waals surface area contributed by atoms with E-state index in [0.717, 1.165) is 6.42 Å². The van der Waals surface area contributed by atoms with Gasteiger partial charge in [0.25, 0.3) is 0 Å². The van der Waals surface area contributed by atoms with Gasteiger partial charge in [-0.25, -0.2) is 0 Å². The Morgan fingerprint density at radius 1 is 1.54 bits per heavy atom. The van der Waals surface area contributed by atoms with Gasteiger partial charge in [0, 0.05) is 13.0 Å². The van der Waals surface area contributed by atoms with Crippen molar-refractivity contribution in [3.05, 3.63) is 0 Å². The zero-order chi connectivity index (χ0) is 9.84. The van der Waals surface area contributed by atoms with E-state index in [1.54, 1.807) is 0 Å². The lowest BCUT2D eigenvalue weighted by Crippen LogP contribution is -2.43. The summed E-state index contributed by atoms with van der Waals surface area (Å²) in [7, 11) is 0. The number of hydrogen-bond acceptors (Lipinski definition) is 3. The van der Waals surface area contributed by atoms with E-state index in [-0.39, 0.29) is 18.9 Å². The second kappa shape index (κ2) is 4.23. The van der Waals surface area contributed by atoms with Crippen LogP contribution in [0.3, 0.4) is 0 Å². The Balaban J connectivity index is 2.57. The van der Waals surface area contributed by atoms with Crippen LogP contribution in [0.1, 0.15) is 19.3 Å². The standard InChI is InChI=1S/C8H14N2O3/c9-8(13)6-2-1-4-10(6)7(12)3-5-11/h6,11H,1-5H2,(H2,9,13)/t6-/m0/s1. The molecule has 1 saturated heterocycles. The summed E-state index contributed by atoms with van der Waals surface area (Å²) in [5.74, 6) is -0.646. The molecule has 1 rings (SSSR count). The third-order valence-electron chi connectivity index (χ3n) is 2.23. The number of carbonyl (C=O) groups excluding carboxylic acids is 2. The zero-order valence-electron chi connectivity index (χ0n) is 7.40. The van der Waals surface area contributed by atoms with Gasteiger partial charge in [0.05, 0.1) is 6.61 Å². The average molecular weight is 186 g/mol. The molecule has 0 saturated carbocycles. The molecule has 2 amide bonds. The van der Waals surface area contributed by atoms with Crippen LogP contribution >= 0.6 is 0 Å². The molecule has 5 heteroatoms. The summed E-state index contributed by atoms with van der Waals surface area (Å²) in [6, 6.07) is -0.459. The maximum Gasteiger partial charge on any atom is 0.240 e. The normalized spacial score (nSPS) is 21.9. The van der Waals surface area contributed by atoms with Crippen molar-refractivity contribution < 1.29 is 14.7 Å². The number of primary amides is 1. The highest BCUT2D eigenvalue weighted by Crippen LogP contribution is 2.17. The molecule has 0 aromatic heterocycles. The first-order valence-electron chi connectivity index (χ1n) is 4.36. The Bertz CT molecular complexity index is 217. The summed E-state index contributed by atoms with van der Waals surface area (Å²) in [4.78, 5) is 23.7. The zero-order valence-corrected chi connectivity index (χ0v) is 7.40. The summed E-state index contributed by atoms with van der Waals surface area (Å²) < 4.78 is 0. The molecular formula is C8H14N2O3. The third kappa shape index (κ3) is 2.18. The van der Waals surface area contributed by atoms with Gasteiger partial charge in [-0.05, 0) is 12.8 Å². The first-order chi connectivity index (χ1) is 6.16. The molecule has 0 spiro atoms. The molecule has 1 atom stereocenters. The predicted molar refractivity (Wildman–Crippen MR) is 45.6 cm³/mol.